The van der Waals surface area contributed by atoms with Gasteiger partial charge >= 0.3 is 12.4 Å². The van der Waals surface area contributed by atoms with Gasteiger partial charge in [0.2, 0.25) is 5.91 Å². The predicted octanol–water partition coefficient (Wildman–Crippen LogP) is 3.40. The first kappa shape index (κ1) is 22.1. The average Bonchev–Trinajstić information content (AvgIpc) is 2.90. The zero-order valence-corrected chi connectivity index (χ0v) is 16.8. The Bertz CT molecular complexity index is 1160. The van der Waals surface area contributed by atoms with Crippen LogP contribution in [0.4, 0.5) is 36.4 Å². The summed E-state index contributed by atoms with van der Waals surface area (Å²) >= 11 is 0. The summed E-state index contributed by atoms with van der Waals surface area (Å²) in [6, 6.07) is 1.48. The molecule has 2 saturated heterocycles. The summed E-state index contributed by atoms with van der Waals surface area (Å²) in [6.45, 7) is 0. The number of benzene rings is 1. The van der Waals surface area contributed by atoms with E-state index in [1.165, 1.54) is 7.05 Å². The summed E-state index contributed by atoms with van der Waals surface area (Å²) in [6.07, 6.45) is -12.0. The number of rotatable bonds is 3. The molecule has 178 valence electrons. The third-order valence-electron chi connectivity index (χ3n) is 6.85. The molecule has 2 bridgehead atoms. The van der Waals surface area contributed by atoms with E-state index in [0.717, 1.165) is 10.9 Å². The second-order valence-corrected chi connectivity index (χ2v) is 8.71. The van der Waals surface area contributed by atoms with Gasteiger partial charge in [-0.3, -0.25) is 9.48 Å². The van der Waals surface area contributed by atoms with Gasteiger partial charge in [-0.2, -0.15) is 31.4 Å². The average molecular weight is 479 g/mol. The molecule has 2 aromatic rings. The van der Waals surface area contributed by atoms with Crippen LogP contribution in [-0.2, 0) is 34.3 Å². The van der Waals surface area contributed by atoms with E-state index in [1.807, 2.05) is 0 Å². The third-order valence-corrected chi connectivity index (χ3v) is 6.85. The molecule has 3 fully saturated rings. The largest absolute Gasteiger partial charge is 0.435 e. The van der Waals surface area contributed by atoms with Gasteiger partial charge < -0.3 is 15.2 Å². The molecule has 1 saturated carbocycles. The fraction of sp³-hybridized carbons (Fsp3) is 0.500. The van der Waals surface area contributed by atoms with E-state index in [9.17, 15) is 40.6 Å². The van der Waals surface area contributed by atoms with Crippen molar-refractivity contribution in [3.8, 4) is 0 Å². The van der Waals surface area contributed by atoms with Crippen LogP contribution in [0.25, 0.3) is 0 Å². The number of aliphatic hydroxyl groups is 1. The lowest BCUT2D eigenvalue weighted by molar-refractivity contribution is -0.143. The van der Waals surface area contributed by atoms with Crippen LogP contribution >= 0.6 is 0 Å². The number of fused-ring (bicyclic) bond motifs is 5. The van der Waals surface area contributed by atoms with Crippen LogP contribution in [0.3, 0.4) is 0 Å². The van der Waals surface area contributed by atoms with Crippen LogP contribution in [-0.4, -0.2) is 39.1 Å². The number of ether oxygens (including phenoxy) is 1. The predicted molar refractivity (Wildman–Crippen MR) is 96.3 cm³/mol. The Morgan fingerprint density at radius 1 is 1.21 bits per heavy atom. The number of carbonyl (C=O) groups is 1. The number of nitrogens with zero attached hydrogens (tertiary/aromatic N) is 2. The van der Waals surface area contributed by atoms with E-state index >= 15 is 0 Å². The maximum absolute atomic E-state index is 13.8. The van der Waals surface area contributed by atoms with Crippen LogP contribution in [0.15, 0.2) is 24.4 Å². The van der Waals surface area contributed by atoms with Crippen molar-refractivity contribution in [2.45, 2.75) is 48.9 Å². The Labute approximate surface area is 181 Å². The Morgan fingerprint density at radius 2 is 1.91 bits per heavy atom. The first-order valence-corrected chi connectivity index (χ1v) is 9.84. The van der Waals surface area contributed by atoms with Gasteiger partial charge in [0.15, 0.2) is 5.69 Å². The van der Waals surface area contributed by atoms with Crippen molar-refractivity contribution < 1.29 is 45.4 Å². The molecule has 0 radical (unpaired) electrons. The lowest BCUT2D eigenvalue weighted by atomic mass is 9.73. The molecule has 1 aliphatic carbocycles. The van der Waals surface area contributed by atoms with E-state index in [4.69, 9.17) is 4.74 Å². The highest BCUT2D eigenvalue weighted by Crippen LogP contribution is 2.78. The summed E-state index contributed by atoms with van der Waals surface area (Å²) in [4.78, 5) is 13.3. The molecule has 1 aromatic heterocycles. The number of aromatic nitrogens is 2. The van der Waals surface area contributed by atoms with Crippen molar-refractivity contribution in [3.63, 3.8) is 0 Å². The van der Waals surface area contributed by atoms with Gasteiger partial charge in [0.1, 0.15) is 5.82 Å². The van der Waals surface area contributed by atoms with Crippen LogP contribution in [0.5, 0.6) is 0 Å². The molecule has 13 heteroatoms. The fourth-order valence-corrected chi connectivity index (χ4v) is 5.59. The second kappa shape index (κ2) is 6.47. The van der Waals surface area contributed by atoms with Gasteiger partial charge in [0.25, 0.3) is 0 Å². The molecule has 5 unspecified atom stereocenters. The summed E-state index contributed by atoms with van der Waals surface area (Å²) < 4.78 is 101. The molecule has 0 spiro atoms. The van der Waals surface area contributed by atoms with Crippen molar-refractivity contribution in [1.82, 2.24) is 9.78 Å². The number of halogens is 7. The van der Waals surface area contributed by atoms with Crippen LogP contribution in [0.1, 0.15) is 29.7 Å². The first-order chi connectivity index (χ1) is 15.2. The number of hydrogen-bond acceptors (Lipinski definition) is 4. The van der Waals surface area contributed by atoms with Crippen LogP contribution < -0.4 is 5.32 Å². The Kier molecular flexibility index (Phi) is 4.34. The number of aryl methyl sites for hydroxylation is 1. The summed E-state index contributed by atoms with van der Waals surface area (Å²) in [5, 5.41) is 16.1. The third kappa shape index (κ3) is 2.94. The van der Waals surface area contributed by atoms with E-state index in [-0.39, 0.29) is 24.5 Å². The van der Waals surface area contributed by atoms with Crippen molar-refractivity contribution in [1.29, 1.82) is 0 Å². The summed E-state index contributed by atoms with van der Waals surface area (Å²) in [5.74, 6) is -2.15. The summed E-state index contributed by atoms with van der Waals surface area (Å²) in [5.41, 5.74) is -6.53. The van der Waals surface area contributed by atoms with Gasteiger partial charge in [0.05, 0.1) is 29.3 Å². The molecule has 2 N–H and O–H groups in total. The number of anilines is 1. The highest BCUT2D eigenvalue weighted by atomic mass is 19.4. The Hall–Kier alpha value is -2.67. The molecule has 33 heavy (non-hydrogen) atoms. The number of aliphatic hydroxyl groups excluding tert-OH is 1. The monoisotopic (exact) mass is 479 g/mol. The number of nitrogens with one attached hydrogen (secondary N) is 1. The lowest BCUT2D eigenvalue weighted by Crippen LogP contribution is -2.45. The lowest BCUT2D eigenvalue weighted by Gasteiger charge is -2.29. The molecular weight excluding hydrogens is 463 g/mol. The van der Waals surface area contributed by atoms with E-state index < -0.39 is 70.2 Å². The molecule has 3 heterocycles. The zero-order valence-electron chi connectivity index (χ0n) is 16.8. The van der Waals surface area contributed by atoms with E-state index in [0.29, 0.717) is 12.1 Å². The molecular formula is C20H16F7N3O3. The fourth-order valence-electron chi connectivity index (χ4n) is 5.59. The highest BCUT2D eigenvalue weighted by Gasteiger charge is 2.88. The van der Waals surface area contributed by atoms with Gasteiger partial charge in [0, 0.05) is 36.3 Å². The number of hydrogen-bond donors (Lipinski definition) is 2. The van der Waals surface area contributed by atoms with Gasteiger partial charge in [-0.1, -0.05) is 0 Å². The van der Waals surface area contributed by atoms with E-state index in [1.54, 1.807) is 0 Å². The quantitative estimate of drug-likeness (QED) is 0.662. The topological polar surface area (TPSA) is 76.4 Å². The maximum atomic E-state index is 13.8. The van der Waals surface area contributed by atoms with Crippen molar-refractivity contribution in [2.75, 3.05) is 5.32 Å². The second-order valence-electron chi connectivity index (χ2n) is 8.71. The molecule has 5 atom stereocenters. The minimum atomic E-state index is -4.87. The number of amides is 1. The Balaban J connectivity index is 1.56. The highest BCUT2D eigenvalue weighted by molar-refractivity contribution is 6.01. The minimum Gasteiger partial charge on any atom is -0.390 e. The number of alkyl halides is 6. The van der Waals surface area contributed by atoms with Gasteiger partial charge in [-0.25, -0.2) is 4.39 Å². The van der Waals surface area contributed by atoms with Crippen LogP contribution in [0, 0.1) is 11.2 Å². The number of carbonyl (C=O) groups excluding carboxylic acids is 1. The zero-order chi connectivity index (χ0) is 24.1. The molecule has 3 aliphatic rings. The van der Waals surface area contributed by atoms with E-state index in [2.05, 4.69) is 10.4 Å². The maximum Gasteiger partial charge on any atom is 0.435 e. The molecule has 5 rings (SSSR count). The van der Waals surface area contributed by atoms with Gasteiger partial charge in [-0.15, -0.1) is 0 Å². The summed E-state index contributed by atoms with van der Waals surface area (Å²) in [7, 11) is 1.27. The van der Waals surface area contributed by atoms with Crippen molar-refractivity contribution in [2.24, 2.45) is 12.5 Å². The van der Waals surface area contributed by atoms with Crippen LogP contribution in [0.2, 0.25) is 0 Å². The molecule has 1 aromatic carbocycles. The molecule has 6 nitrogen and oxygen atoms in total. The SMILES string of the molecule is Cn1cc(C23CC2(C(=O)Nc2cc(F)cc(C(F)(F)F)c2)C2CC(O)C3O2)c(C(F)(F)F)n1. The smallest absolute Gasteiger partial charge is 0.390 e. The van der Waals surface area contributed by atoms with Crippen molar-refractivity contribution >= 4 is 11.6 Å². The van der Waals surface area contributed by atoms with Crippen molar-refractivity contribution in [3.05, 3.63) is 47.0 Å². The molecule has 2 aliphatic heterocycles. The molecule has 1 amide bonds. The minimum absolute atomic E-state index is 0.0294. The standard InChI is InChI=1S/C20H16F7N3O3/c1-30-6-11(14(29-30)20(25,26)27)17-7-18(17,13-5-12(31)15(17)33-13)16(32)28-10-3-8(19(22,23)24)2-9(21)4-10/h2-4,6,12-13,15,31H,5,7H2,1H3,(H,28,32). The first-order valence-electron chi connectivity index (χ1n) is 9.84. The van der Waals surface area contributed by atoms with Gasteiger partial charge in [-0.05, 0) is 24.6 Å². The normalized spacial score (nSPS) is 32.7. The Morgan fingerprint density at radius 3 is 2.55 bits per heavy atom.